The zero-order chi connectivity index (χ0) is 21.2. The molecule has 0 saturated carbocycles. The van der Waals surface area contributed by atoms with Crippen LogP contribution in [0.5, 0.6) is 0 Å². The molecule has 2 aromatic carbocycles. The van der Waals surface area contributed by atoms with Gasteiger partial charge in [0.2, 0.25) is 15.9 Å². The van der Waals surface area contributed by atoms with E-state index in [1.807, 2.05) is 39.0 Å². The van der Waals surface area contributed by atoms with Crippen molar-refractivity contribution in [3.8, 4) is 0 Å². The third kappa shape index (κ3) is 5.40. The lowest BCUT2D eigenvalue weighted by Crippen LogP contribution is -2.48. The molecule has 0 heterocycles. The van der Waals surface area contributed by atoms with E-state index in [1.165, 1.54) is 25.1 Å². The van der Waals surface area contributed by atoms with Crippen molar-refractivity contribution in [1.29, 1.82) is 0 Å². The number of rotatable bonds is 6. The van der Waals surface area contributed by atoms with E-state index >= 15 is 0 Å². The lowest BCUT2D eigenvalue weighted by Gasteiger charge is -2.29. The monoisotopic (exact) mass is 442 g/mol. The van der Waals surface area contributed by atoms with Crippen LogP contribution in [0.3, 0.4) is 0 Å². The first kappa shape index (κ1) is 22.5. The summed E-state index contributed by atoms with van der Waals surface area (Å²) >= 11 is 12.0. The van der Waals surface area contributed by atoms with E-state index in [4.69, 9.17) is 23.2 Å². The van der Waals surface area contributed by atoms with E-state index in [0.717, 1.165) is 27.3 Å². The Morgan fingerprint density at radius 2 is 1.61 bits per heavy atom. The minimum Gasteiger partial charge on any atom is -0.348 e. The summed E-state index contributed by atoms with van der Waals surface area (Å²) in [6.45, 7) is 7.35. The van der Waals surface area contributed by atoms with Crippen molar-refractivity contribution in [1.82, 2.24) is 5.32 Å². The molecule has 0 unspecified atom stereocenters. The Kier molecular flexibility index (Phi) is 7.02. The van der Waals surface area contributed by atoms with Crippen molar-refractivity contribution < 1.29 is 13.2 Å². The highest BCUT2D eigenvalue weighted by atomic mass is 35.5. The standard InChI is InChI=1S/C20H24Cl2N2O3S/c1-12-6-7-13(2)19(8-12)14(3)23-20(25)15(4)24(28(5,26)27)18-10-16(21)9-17(22)11-18/h6-11,14-15H,1-5H3,(H,23,25)/t14-,15+/m0/s1. The topological polar surface area (TPSA) is 66.5 Å². The average Bonchev–Trinajstić information content (AvgIpc) is 2.54. The zero-order valence-corrected chi connectivity index (χ0v) is 18.8. The Bertz CT molecular complexity index is 973. The maximum atomic E-state index is 12.9. The molecule has 152 valence electrons. The first-order valence-electron chi connectivity index (χ1n) is 8.73. The molecule has 2 rings (SSSR count). The van der Waals surface area contributed by atoms with Crippen LogP contribution in [0, 0.1) is 13.8 Å². The summed E-state index contributed by atoms with van der Waals surface area (Å²) in [5.41, 5.74) is 3.35. The summed E-state index contributed by atoms with van der Waals surface area (Å²) in [5, 5.41) is 3.47. The van der Waals surface area contributed by atoms with Gasteiger partial charge in [-0.15, -0.1) is 0 Å². The summed E-state index contributed by atoms with van der Waals surface area (Å²) in [4.78, 5) is 12.9. The molecule has 0 aliphatic rings. The summed E-state index contributed by atoms with van der Waals surface area (Å²) in [6, 6.07) is 9.17. The van der Waals surface area contributed by atoms with Crippen LogP contribution >= 0.6 is 23.2 Å². The van der Waals surface area contributed by atoms with Crippen molar-refractivity contribution in [2.75, 3.05) is 10.6 Å². The Balaban J connectivity index is 2.32. The average molecular weight is 443 g/mol. The van der Waals surface area contributed by atoms with Crippen LogP contribution in [0.1, 0.15) is 36.6 Å². The van der Waals surface area contributed by atoms with Gasteiger partial charge in [0.1, 0.15) is 6.04 Å². The third-order valence-electron chi connectivity index (χ3n) is 4.45. The summed E-state index contributed by atoms with van der Waals surface area (Å²) in [6.07, 6.45) is 1.04. The molecule has 2 aromatic rings. The first-order valence-corrected chi connectivity index (χ1v) is 11.3. The lowest BCUT2D eigenvalue weighted by atomic mass is 10.00. The van der Waals surface area contributed by atoms with Crippen LogP contribution in [-0.2, 0) is 14.8 Å². The number of carbonyl (C=O) groups excluding carboxylic acids is 1. The Morgan fingerprint density at radius 1 is 1.04 bits per heavy atom. The van der Waals surface area contributed by atoms with Gasteiger partial charge in [0.25, 0.3) is 0 Å². The first-order chi connectivity index (χ1) is 12.9. The largest absolute Gasteiger partial charge is 0.348 e. The van der Waals surface area contributed by atoms with E-state index < -0.39 is 22.0 Å². The van der Waals surface area contributed by atoms with Crippen LogP contribution in [0.4, 0.5) is 5.69 Å². The number of halogens is 2. The molecule has 0 fully saturated rings. The fourth-order valence-electron chi connectivity index (χ4n) is 3.11. The van der Waals surface area contributed by atoms with Gasteiger partial charge in [-0.1, -0.05) is 47.0 Å². The van der Waals surface area contributed by atoms with Gasteiger partial charge in [-0.2, -0.15) is 0 Å². The molecule has 1 amide bonds. The van der Waals surface area contributed by atoms with Gasteiger partial charge in [0, 0.05) is 10.0 Å². The van der Waals surface area contributed by atoms with Gasteiger partial charge < -0.3 is 5.32 Å². The molecule has 0 radical (unpaired) electrons. The van der Waals surface area contributed by atoms with E-state index in [0.29, 0.717) is 0 Å². The number of aryl methyl sites for hydroxylation is 2. The number of carbonyl (C=O) groups is 1. The SMILES string of the molecule is Cc1ccc(C)c([C@H](C)NC(=O)[C@@H](C)N(c2cc(Cl)cc(Cl)c2)S(C)(=O)=O)c1. The van der Waals surface area contributed by atoms with E-state index in [1.54, 1.807) is 0 Å². The van der Waals surface area contributed by atoms with E-state index in [9.17, 15) is 13.2 Å². The molecule has 1 N–H and O–H groups in total. The van der Waals surface area contributed by atoms with Crippen LogP contribution < -0.4 is 9.62 Å². The van der Waals surface area contributed by atoms with Crippen molar-refractivity contribution in [2.45, 2.75) is 39.8 Å². The van der Waals surface area contributed by atoms with Crippen molar-refractivity contribution in [3.63, 3.8) is 0 Å². The van der Waals surface area contributed by atoms with Gasteiger partial charge in [0.15, 0.2) is 0 Å². The molecule has 0 aliphatic carbocycles. The molecule has 0 aliphatic heterocycles. The molecule has 2 atom stereocenters. The molecule has 28 heavy (non-hydrogen) atoms. The van der Waals surface area contributed by atoms with E-state index in [2.05, 4.69) is 5.32 Å². The van der Waals surface area contributed by atoms with Crippen molar-refractivity contribution in [2.24, 2.45) is 0 Å². The number of hydrogen-bond donors (Lipinski definition) is 1. The smallest absolute Gasteiger partial charge is 0.244 e. The number of benzene rings is 2. The highest BCUT2D eigenvalue weighted by Crippen LogP contribution is 2.29. The fraction of sp³-hybridized carbons (Fsp3) is 0.350. The predicted molar refractivity (Wildman–Crippen MR) is 116 cm³/mol. The van der Waals surface area contributed by atoms with Gasteiger partial charge in [0.05, 0.1) is 18.0 Å². The molecule has 5 nitrogen and oxygen atoms in total. The second kappa shape index (κ2) is 8.72. The number of sulfonamides is 1. The van der Waals surface area contributed by atoms with Gasteiger partial charge >= 0.3 is 0 Å². The predicted octanol–water partition coefficient (Wildman–Crippen LogP) is 4.64. The highest BCUT2D eigenvalue weighted by Gasteiger charge is 2.30. The second-order valence-electron chi connectivity index (χ2n) is 6.95. The summed E-state index contributed by atoms with van der Waals surface area (Å²) in [7, 11) is -3.76. The second-order valence-corrected chi connectivity index (χ2v) is 9.69. The van der Waals surface area contributed by atoms with E-state index in [-0.39, 0.29) is 21.8 Å². The number of anilines is 1. The molecule has 0 saturated heterocycles. The third-order valence-corrected chi connectivity index (χ3v) is 6.13. The fourth-order valence-corrected chi connectivity index (χ4v) is 4.79. The zero-order valence-electron chi connectivity index (χ0n) is 16.5. The van der Waals surface area contributed by atoms with Crippen molar-refractivity contribution in [3.05, 3.63) is 63.1 Å². The maximum absolute atomic E-state index is 12.9. The molecule has 0 bridgehead atoms. The molecular weight excluding hydrogens is 419 g/mol. The minimum atomic E-state index is -3.76. The number of nitrogens with zero attached hydrogens (tertiary/aromatic N) is 1. The van der Waals surface area contributed by atoms with Crippen LogP contribution in [-0.4, -0.2) is 26.6 Å². The Hall–Kier alpha value is -1.76. The quantitative estimate of drug-likeness (QED) is 0.707. The Morgan fingerprint density at radius 3 is 2.14 bits per heavy atom. The van der Waals surface area contributed by atoms with Crippen LogP contribution in [0.2, 0.25) is 10.0 Å². The number of hydrogen-bond acceptors (Lipinski definition) is 3. The Labute approximate surface area is 176 Å². The summed E-state index contributed by atoms with van der Waals surface area (Å²) < 4.78 is 25.9. The molecule has 0 spiro atoms. The van der Waals surface area contributed by atoms with Gasteiger partial charge in [-0.25, -0.2) is 8.42 Å². The van der Waals surface area contributed by atoms with Crippen molar-refractivity contribution >= 4 is 44.8 Å². The summed E-state index contributed by atoms with van der Waals surface area (Å²) in [5.74, 6) is -0.421. The normalized spacial score (nSPS) is 13.7. The molecular formula is C20H24Cl2N2O3S. The van der Waals surface area contributed by atoms with Gasteiger partial charge in [-0.05, 0) is 57.0 Å². The number of amides is 1. The highest BCUT2D eigenvalue weighted by molar-refractivity contribution is 7.92. The van der Waals surface area contributed by atoms with Crippen LogP contribution in [0.15, 0.2) is 36.4 Å². The maximum Gasteiger partial charge on any atom is 0.244 e. The number of nitrogens with one attached hydrogen (secondary N) is 1. The minimum absolute atomic E-state index is 0.238. The lowest BCUT2D eigenvalue weighted by molar-refractivity contribution is -0.122. The van der Waals surface area contributed by atoms with Crippen LogP contribution in [0.25, 0.3) is 0 Å². The molecule has 0 aromatic heterocycles. The van der Waals surface area contributed by atoms with Gasteiger partial charge in [-0.3, -0.25) is 9.10 Å². The molecule has 8 heteroatoms.